The van der Waals surface area contributed by atoms with E-state index in [1.165, 1.54) is 25.6 Å². The molecule has 1 amide bonds. The summed E-state index contributed by atoms with van der Waals surface area (Å²) in [5, 5.41) is 0.547. The summed E-state index contributed by atoms with van der Waals surface area (Å²) in [6.45, 7) is 0. The van der Waals surface area contributed by atoms with Crippen LogP contribution in [0.15, 0.2) is 42.7 Å². The SMILES string of the molecule is COc1c(Cl)cc(C(=O)Nn2cnc3ccccc32)cc1Cl. The highest BCUT2D eigenvalue weighted by Crippen LogP contribution is 2.33. The number of amides is 1. The summed E-state index contributed by atoms with van der Waals surface area (Å²) < 4.78 is 6.61. The van der Waals surface area contributed by atoms with Gasteiger partial charge in [0.05, 0.1) is 28.2 Å². The molecule has 0 aliphatic rings. The zero-order valence-electron chi connectivity index (χ0n) is 11.5. The van der Waals surface area contributed by atoms with Gasteiger partial charge in [0.2, 0.25) is 0 Å². The van der Waals surface area contributed by atoms with Crippen molar-refractivity contribution in [3.8, 4) is 5.75 Å². The Morgan fingerprint density at radius 3 is 2.59 bits per heavy atom. The molecule has 1 aromatic heterocycles. The predicted molar refractivity (Wildman–Crippen MR) is 86.4 cm³/mol. The molecular formula is C15H11Cl2N3O2. The standard InChI is InChI=1S/C15H11Cl2N3O2/c1-22-14-10(16)6-9(7-11(14)17)15(21)19-20-8-18-12-4-2-3-5-13(12)20/h2-8H,1H3,(H,19,21). The van der Waals surface area contributed by atoms with Crippen LogP contribution in [-0.4, -0.2) is 22.7 Å². The molecule has 0 radical (unpaired) electrons. The fourth-order valence-electron chi connectivity index (χ4n) is 2.11. The molecule has 0 aliphatic heterocycles. The molecule has 0 bridgehead atoms. The number of para-hydroxylation sites is 2. The lowest BCUT2D eigenvalue weighted by Crippen LogP contribution is -2.22. The molecule has 0 saturated heterocycles. The maximum Gasteiger partial charge on any atom is 0.270 e. The number of ether oxygens (including phenoxy) is 1. The highest BCUT2D eigenvalue weighted by Gasteiger charge is 2.14. The number of imidazole rings is 1. The van der Waals surface area contributed by atoms with Gasteiger partial charge in [0, 0.05) is 5.56 Å². The van der Waals surface area contributed by atoms with Crippen molar-refractivity contribution in [2.45, 2.75) is 0 Å². The zero-order chi connectivity index (χ0) is 15.7. The van der Waals surface area contributed by atoms with Gasteiger partial charge in [-0.15, -0.1) is 0 Å². The highest BCUT2D eigenvalue weighted by molar-refractivity contribution is 6.37. The largest absolute Gasteiger partial charge is 0.494 e. The topological polar surface area (TPSA) is 56.1 Å². The van der Waals surface area contributed by atoms with Crippen molar-refractivity contribution in [3.05, 3.63) is 58.3 Å². The minimum atomic E-state index is -0.352. The zero-order valence-corrected chi connectivity index (χ0v) is 13.0. The van der Waals surface area contributed by atoms with Crippen LogP contribution in [0.1, 0.15) is 10.4 Å². The third-order valence-electron chi connectivity index (χ3n) is 3.14. The average molecular weight is 336 g/mol. The number of carbonyl (C=O) groups is 1. The quantitative estimate of drug-likeness (QED) is 0.793. The van der Waals surface area contributed by atoms with Crippen LogP contribution in [0.2, 0.25) is 10.0 Å². The molecule has 2 aromatic carbocycles. The van der Waals surface area contributed by atoms with Crippen LogP contribution in [0.4, 0.5) is 0 Å². The molecule has 3 rings (SSSR count). The summed E-state index contributed by atoms with van der Waals surface area (Å²) in [7, 11) is 1.46. The number of aromatic nitrogens is 2. The Labute approximate surface area is 136 Å². The van der Waals surface area contributed by atoms with Crippen LogP contribution in [0.25, 0.3) is 11.0 Å². The lowest BCUT2D eigenvalue weighted by molar-refractivity contribution is 0.101. The summed E-state index contributed by atoms with van der Waals surface area (Å²) in [6, 6.07) is 10.5. The maximum atomic E-state index is 12.3. The number of carbonyl (C=O) groups excluding carboxylic acids is 1. The van der Waals surface area contributed by atoms with Crippen LogP contribution >= 0.6 is 23.2 Å². The van der Waals surface area contributed by atoms with Gasteiger partial charge in [-0.05, 0) is 24.3 Å². The fraction of sp³-hybridized carbons (Fsp3) is 0.0667. The Hall–Kier alpha value is -2.24. The molecule has 1 heterocycles. The normalized spacial score (nSPS) is 10.7. The molecule has 7 heteroatoms. The minimum Gasteiger partial charge on any atom is -0.494 e. The van der Waals surface area contributed by atoms with E-state index in [-0.39, 0.29) is 16.0 Å². The van der Waals surface area contributed by atoms with Crippen molar-refractivity contribution in [1.82, 2.24) is 9.66 Å². The summed E-state index contributed by atoms with van der Waals surface area (Å²) in [5.41, 5.74) is 4.64. The number of rotatable bonds is 3. The van der Waals surface area contributed by atoms with Gasteiger partial charge in [0.15, 0.2) is 5.75 Å². The number of methoxy groups -OCH3 is 1. The second-order valence-corrected chi connectivity index (χ2v) is 5.33. The van der Waals surface area contributed by atoms with E-state index in [4.69, 9.17) is 27.9 Å². The van der Waals surface area contributed by atoms with Crippen LogP contribution in [0.5, 0.6) is 5.75 Å². The Kier molecular flexibility index (Phi) is 3.92. The van der Waals surface area contributed by atoms with E-state index in [2.05, 4.69) is 10.4 Å². The lowest BCUT2D eigenvalue weighted by Gasteiger charge is -2.10. The predicted octanol–water partition coefficient (Wildman–Crippen LogP) is 3.74. The van der Waals surface area contributed by atoms with Crippen molar-refractivity contribution in [2.24, 2.45) is 0 Å². The molecule has 22 heavy (non-hydrogen) atoms. The fourth-order valence-corrected chi connectivity index (χ4v) is 2.75. The second kappa shape index (κ2) is 5.87. The van der Waals surface area contributed by atoms with E-state index >= 15 is 0 Å². The molecule has 0 saturated carbocycles. The third-order valence-corrected chi connectivity index (χ3v) is 3.70. The summed E-state index contributed by atoms with van der Waals surface area (Å²) in [6.07, 6.45) is 1.54. The first-order chi connectivity index (χ1) is 10.6. The van der Waals surface area contributed by atoms with Crippen molar-refractivity contribution in [3.63, 3.8) is 0 Å². The van der Waals surface area contributed by atoms with Crippen molar-refractivity contribution < 1.29 is 9.53 Å². The van der Waals surface area contributed by atoms with E-state index in [0.717, 1.165) is 11.0 Å². The molecule has 0 fully saturated rings. The molecule has 0 unspecified atom stereocenters. The number of halogens is 2. The first kappa shape index (κ1) is 14.7. The summed E-state index contributed by atoms with van der Waals surface area (Å²) in [5.74, 6) is -0.0115. The van der Waals surface area contributed by atoms with Crippen LogP contribution < -0.4 is 10.2 Å². The molecule has 1 N–H and O–H groups in total. The van der Waals surface area contributed by atoms with E-state index < -0.39 is 0 Å². The van der Waals surface area contributed by atoms with E-state index in [0.29, 0.717) is 11.3 Å². The number of hydrogen-bond acceptors (Lipinski definition) is 3. The van der Waals surface area contributed by atoms with Gasteiger partial charge in [-0.2, -0.15) is 0 Å². The van der Waals surface area contributed by atoms with Crippen molar-refractivity contribution in [2.75, 3.05) is 12.5 Å². The second-order valence-electron chi connectivity index (χ2n) is 4.52. The third kappa shape index (κ3) is 2.61. The van der Waals surface area contributed by atoms with E-state index in [1.807, 2.05) is 24.3 Å². The number of nitrogens with one attached hydrogen (secondary N) is 1. The van der Waals surface area contributed by atoms with Gasteiger partial charge in [-0.25, -0.2) is 9.66 Å². The molecule has 5 nitrogen and oxygen atoms in total. The monoisotopic (exact) mass is 335 g/mol. The molecule has 0 spiro atoms. The van der Waals surface area contributed by atoms with Crippen LogP contribution in [0, 0.1) is 0 Å². The molecule has 0 atom stereocenters. The lowest BCUT2D eigenvalue weighted by atomic mass is 10.2. The Morgan fingerprint density at radius 1 is 1.23 bits per heavy atom. The smallest absolute Gasteiger partial charge is 0.270 e. The van der Waals surface area contributed by atoms with Crippen LogP contribution in [0.3, 0.4) is 0 Å². The first-order valence-corrected chi connectivity index (χ1v) is 7.12. The Balaban J connectivity index is 1.92. The highest BCUT2D eigenvalue weighted by atomic mass is 35.5. The van der Waals surface area contributed by atoms with Gasteiger partial charge in [0.25, 0.3) is 5.91 Å². The molecular weight excluding hydrogens is 325 g/mol. The Morgan fingerprint density at radius 2 is 1.91 bits per heavy atom. The van der Waals surface area contributed by atoms with Gasteiger partial charge in [-0.1, -0.05) is 35.3 Å². The summed E-state index contributed by atoms with van der Waals surface area (Å²) in [4.78, 5) is 16.5. The number of hydrogen-bond donors (Lipinski definition) is 1. The van der Waals surface area contributed by atoms with E-state index in [1.54, 1.807) is 4.68 Å². The minimum absolute atomic E-state index is 0.274. The number of nitrogens with zero attached hydrogens (tertiary/aromatic N) is 2. The summed E-state index contributed by atoms with van der Waals surface area (Å²) >= 11 is 12.1. The van der Waals surface area contributed by atoms with Gasteiger partial charge in [0.1, 0.15) is 6.33 Å². The molecule has 0 aliphatic carbocycles. The van der Waals surface area contributed by atoms with Gasteiger partial charge in [-0.3, -0.25) is 10.2 Å². The van der Waals surface area contributed by atoms with E-state index in [9.17, 15) is 4.79 Å². The Bertz CT molecular complexity index is 838. The number of fused-ring (bicyclic) bond motifs is 1. The van der Waals surface area contributed by atoms with Crippen molar-refractivity contribution in [1.29, 1.82) is 0 Å². The first-order valence-electron chi connectivity index (χ1n) is 6.36. The average Bonchev–Trinajstić information content (AvgIpc) is 2.90. The maximum absolute atomic E-state index is 12.3. The van der Waals surface area contributed by atoms with Gasteiger partial charge >= 0.3 is 0 Å². The molecule has 112 valence electrons. The van der Waals surface area contributed by atoms with Crippen molar-refractivity contribution >= 4 is 40.1 Å². The number of benzene rings is 2. The molecule has 3 aromatic rings. The van der Waals surface area contributed by atoms with Gasteiger partial charge < -0.3 is 4.74 Å². The van der Waals surface area contributed by atoms with Crippen LogP contribution in [-0.2, 0) is 0 Å².